The average Bonchev–Trinajstić information content (AvgIpc) is 2.26. The Morgan fingerprint density at radius 3 is 2.50 bits per heavy atom. The molecule has 0 atom stereocenters. The van der Waals surface area contributed by atoms with Gasteiger partial charge in [-0.25, -0.2) is 0 Å². The van der Waals surface area contributed by atoms with Crippen LogP contribution in [0.4, 0.5) is 0 Å². The van der Waals surface area contributed by atoms with E-state index >= 15 is 0 Å². The molecule has 0 aromatic heterocycles. The number of hydrogen-bond donors (Lipinski definition) is 1. The first-order valence-corrected chi connectivity index (χ1v) is 5.80. The molecule has 0 bridgehead atoms. The number of nitriles is 1. The number of nitrogens with one attached hydrogen (secondary N) is 1. The highest BCUT2D eigenvalue weighted by Crippen LogP contribution is 2.12. The zero-order chi connectivity index (χ0) is 12.2. The van der Waals surface area contributed by atoms with Gasteiger partial charge in [-0.1, -0.05) is 17.7 Å². The van der Waals surface area contributed by atoms with E-state index in [1.807, 2.05) is 6.92 Å². The summed E-state index contributed by atoms with van der Waals surface area (Å²) in [4.78, 5) is 0.0174. The van der Waals surface area contributed by atoms with Crippen molar-refractivity contribution in [2.75, 3.05) is 6.61 Å². The van der Waals surface area contributed by atoms with Crippen LogP contribution in [0.3, 0.4) is 0 Å². The highest BCUT2D eigenvalue weighted by molar-refractivity contribution is 7.86. The molecule has 0 fully saturated rings. The molecule has 84 valence electrons. The topological polar surface area (TPSA) is 91.0 Å². The van der Waals surface area contributed by atoms with Gasteiger partial charge in [0.25, 0.3) is 10.1 Å². The van der Waals surface area contributed by atoms with Gasteiger partial charge in [-0.2, -0.15) is 13.7 Å². The third-order valence-electron chi connectivity index (χ3n) is 1.80. The summed E-state index contributed by atoms with van der Waals surface area (Å²) >= 11 is 0. The van der Waals surface area contributed by atoms with Crippen molar-refractivity contribution in [3.63, 3.8) is 0 Å². The van der Waals surface area contributed by atoms with Gasteiger partial charge < -0.3 is 0 Å². The number of aryl methyl sites for hydroxylation is 1. The summed E-state index contributed by atoms with van der Waals surface area (Å²) in [5.41, 5.74) is 0.499. The molecule has 0 amide bonds. The van der Waals surface area contributed by atoms with Gasteiger partial charge in [-0.05, 0) is 19.1 Å². The summed E-state index contributed by atoms with van der Waals surface area (Å²) < 4.78 is 27.6. The first-order valence-electron chi connectivity index (χ1n) is 4.39. The minimum absolute atomic E-state index is 0.0174. The lowest BCUT2D eigenvalue weighted by Crippen LogP contribution is -2.12. The summed E-state index contributed by atoms with van der Waals surface area (Å²) in [7, 11) is -3.87. The van der Waals surface area contributed by atoms with Gasteiger partial charge >= 0.3 is 0 Å². The molecule has 0 saturated carbocycles. The summed E-state index contributed by atoms with van der Waals surface area (Å²) in [5, 5.41) is 15.3. The van der Waals surface area contributed by atoms with Crippen LogP contribution in [0, 0.1) is 23.7 Å². The number of hydrogen-bond acceptors (Lipinski definition) is 5. The second-order valence-electron chi connectivity index (χ2n) is 3.12. The van der Waals surface area contributed by atoms with Crippen LogP contribution in [0.15, 0.2) is 29.2 Å². The summed E-state index contributed by atoms with van der Waals surface area (Å²) in [6, 6.07) is 7.62. The van der Waals surface area contributed by atoms with Crippen LogP contribution in [0.5, 0.6) is 0 Å². The number of rotatable bonds is 4. The van der Waals surface area contributed by atoms with Crippen molar-refractivity contribution in [3.8, 4) is 6.07 Å². The van der Waals surface area contributed by atoms with E-state index in [9.17, 15) is 8.42 Å². The zero-order valence-electron chi connectivity index (χ0n) is 8.60. The lowest BCUT2D eigenvalue weighted by atomic mass is 10.2. The van der Waals surface area contributed by atoms with E-state index in [1.165, 1.54) is 18.2 Å². The lowest BCUT2D eigenvalue weighted by Gasteiger charge is -2.03. The van der Waals surface area contributed by atoms with Crippen LogP contribution in [0.1, 0.15) is 5.56 Å². The lowest BCUT2D eigenvalue weighted by molar-refractivity contribution is 0.368. The van der Waals surface area contributed by atoms with Crippen molar-refractivity contribution in [2.45, 2.75) is 11.8 Å². The molecule has 6 heteroatoms. The second-order valence-corrected chi connectivity index (χ2v) is 4.74. The predicted molar refractivity (Wildman–Crippen MR) is 57.7 cm³/mol. The third kappa shape index (κ3) is 3.15. The molecular weight excluding hydrogens is 228 g/mol. The average molecular weight is 238 g/mol. The molecule has 0 spiro atoms. The molecule has 5 nitrogen and oxygen atoms in total. The van der Waals surface area contributed by atoms with E-state index in [0.29, 0.717) is 0 Å². The Labute approximate surface area is 93.9 Å². The zero-order valence-corrected chi connectivity index (χ0v) is 9.41. The van der Waals surface area contributed by atoms with E-state index in [2.05, 4.69) is 4.18 Å². The van der Waals surface area contributed by atoms with Crippen molar-refractivity contribution in [1.29, 1.82) is 10.7 Å². The van der Waals surface area contributed by atoms with Crippen LogP contribution >= 0.6 is 0 Å². The highest BCUT2D eigenvalue weighted by Gasteiger charge is 2.15. The maximum Gasteiger partial charge on any atom is 0.297 e. The Morgan fingerprint density at radius 2 is 2.00 bits per heavy atom. The molecule has 16 heavy (non-hydrogen) atoms. The van der Waals surface area contributed by atoms with Crippen LogP contribution < -0.4 is 0 Å². The second kappa shape index (κ2) is 4.88. The Hall–Kier alpha value is -1.71. The molecule has 0 saturated heterocycles. The van der Waals surface area contributed by atoms with Crippen molar-refractivity contribution in [3.05, 3.63) is 29.8 Å². The van der Waals surface area contributed by atoms with Crippen molar-refractivity contribution in [2.24, 2.45) is 0 Å². The molecule has 1 aromatic rings. The molecule has 0 aliphatic rings. The fourth-order valence-corrected chi connectivity index (χ4v) is 1.82. The quantitative estimate of drug-likeness (QED) is 0.631. The smallest absolute Gasteiger partial charge is 0.292 e. The highest BCUT2D eigenvalue weighted by atomic mass is 32.2. The number of nitrogens with zero attached hydrogens (tertiary/aromatic N) is 1. The van der Waals surface area contributed by atoms with E-state index in [4.69, 9.17) is 10.7 Å². The first kappa shape index (κ1) is 12.4. The third-order valence-corrected chi connectivity index (χ3v) is 3.08. The molecular formula is C10H10N2O3S. The maximum absolute atomic E-state index is 11.5. The summed E-state index contributed by atoms with van der Waals surface area (Å²) in [6.07, 6.45) is 0. The van der Waals surface area contributed by atoms with E-state index in [1.54, 1.807) is 12.1 Å². The minimum Gasteiger partial charge on any atom is -0.292 e. The molecule has 0 heterocycles. The van der Waals surface area contributed by atoms with Gasteiger partial charge in [0.15, 0.2) is 0 Å². The Balaban J connectivity index is 2.83. The Morgan fingerprint density at radius 1 is 1.44 bits per heavy atom. The van der Waals surface area contributed by atoms with Crippen LogP contribution in [-0.2, 0) is 14.3 Å². The van der Waals surface area contributed by atoms with Gasteiger partial charge in [0.05, 0.1) is 4.90 Å². The van der Waals surface area contributed by atoms with Crippen molar-refractivity contribution >= 4 is 15.8 Å². The molecule has 0 aliphatic heterocycles. The van der Waals surface area contributed by atoms with E-state index < -0.39 is 22.4 Å². The van der Waals surface area contributed by atoms with Crippen LogP contribution in [-0.4, -0.2) is 20.7 Å². The summed E-state index contributed by atoms with van der Waals surface area (Å²) in [6.45, 7) is 1.30. The summed E-state index contributed by atoms with van der Waals surface area (Å²) in [5.74, 6) is 0. The number of benzene rings is 1. The SMILES string of the molecule is Cc1ccc(S(=O)(=O)OCC(=N)C#N)cc1. The Kier molecular flexibility index (Phi) is 3.77. The van der Waals surface area contributed by atoms with Gasteiger partial charge in [0.1, 0.15) is 18.4 Å². The molecule has 0 aliphatic carbocycles. The predicted octanol–water partition coefficient (Wildman–Crippen LogP) is 1.24. The molecule has 1 rings (SSSR count). The van der Waals surface area contributed by atoms with E-state index in [0.717, 1.165) is 5.56 Å². The van der Waals surface area contributed by atoms with Gasteiger partial charge in [0, 0.05) is 0 Å². The van der Waals surface area contributed by atoms with Crippen molar-refractivity contribution < 1.29 is 12.6 Å². The van der Waals surface area contributed by atoms with Gasteiger partial charge in [-0.3, -0.25) is 9.59 Å². The maximum atomic E-state index is 11.5. The normalized spacial score (nSPS) is 10.8. The largest absolute Gasteiger partial charge is 0.297 e. The molecule has 0 unspecified atom stereocenters. The fourth-order valence-electron chi connectivity index (χ4n) is 0.942. The molecule has 0 radical (unpaired) electrons. The monoisotopic (exact) mass is 238 g/mol. The van der Waals surface area contributed by atoms with Crippen LogP contribution in [0.25, 0.3) is 0 Å². The van der Waals surface area contributed by atoms with Crippen LogP contribution in [0.2, 0.25) is 0 Å². The minimum atomic E-state index is -3.87. The molecule has 1 aromatic carbocycles. The standard InChI is InChI=1S/C10H10N2O3S/c1-8-2-4-10(5-3-8)16(13,14)15-7-9(12)6-11/h2-5,12H,7H2,1H3. The van der Waals surface area contributed by atoms with E-state index in [-0.39, 0.29) is 4.90 Å². The first-order chi connectivity index (χ1) is 7.45. The van der Waals surface area contributed by atoms with Gasteiger partial charge in [0.2, 0.25) is 0 Å². The molecule has 1 N–H and O–H groups in total. The fraction of sp³-hybridized carbons (Fsp3) is 0.200. The van der Waals surface area contributed by atoms with Gasteiger partial charge in [-0.15, -0.1) is 0 Å². The Bertz CT molecular complexity index is 526. The van der Waals surface area contributed by atoms with Crippen molar-refractivity contribution in [1.82, 2.24) is 0 Å².